The van der Waals surface area contributed by atoms with Crippen LogP contribution in [0.25, 0.3) is 0 Å². The van der Waals surface area contributed by atoms with Gasteiger partial charge in [0.15, 0.2) is 0 Å². The first-order valence-corrected chi connectivity index (χ1v) is 6.15. The van der Waals surface area contributed by atoms with Gasteiger partial charge < -0.3 is 9.68 Å². The molecule has 1 aromatic rings. The summed E-state index contributed by atoms with van der Waals surface area (Å²) in [6.45, 7) is 4.41. The van der Waals surface area contributed by atoms with E-state index in [1.807, 2.05) is 0 Å². The van der Waals surface area contributed by atoms with E-state index in [4.69, 9.17) is 9.68 Å². The van der Waals surface area contributed by atoms with Gasteiger partial charge in [-0.05, 0) is 0 Å². The molecule has 0 aliphatic heterocycles. The average molecular weight is 294 g/mol. The van der Waals surface area contributed by atoms with Crippen molar-refractivity contribution in [3.05, 3.63) is 28.3 Å². The third kappa shape index (κ3) is 4.02. The van der Waals surface area contributed by atoms with E-state index in [-0.39, 0.29) is 17.1 Å². The van der Waals surface area contributed by atoms with Crippen molar-refractivity contribution in [1.82, 2.24) is 0 Å². The van der Waals surface area contributed by atoms with E-state index >= 15 is 0 Å². The van der Waals surface area contributed by atoms with Gasteiger partial charge in [0.25, 0.3) is 5.69 Å². The highest BCUT2D eigenvalue weighted by Gasteiger charge is 2.25. The van der Waals surface area contributed by atoms with E-state index in [1.54, 1.807) is 13.8 Å². The predicted octanol–water partition coefficient (Wildman–Crippen LogP) is 0.768. The van der Waals surface area contributed by atoms with E-state index in [0.29, 0.717) is 0 Å². The summed E-state index contributed by atoms with van der Waals surface area (Å²) in [5, 5.41) is 19.7. The lowest BCUT2D eigenvalue weighted by Gasteiger charge is -2.21. The van der Waals surface area contributed by atoms with Crippen molar-refractivity contribution in [3.8, 4) is 5.75 Å². The van der Waals surface area contributed by atoms with Crippen molar-refractivity contribution in [2.24, 2.45) is 5.92 Å². The summed E-state index contributed by atoms with van der Waals surface area (Å²) in [6.07, 6.45) is 0. The van der Waals surface area contributed by atoms with Crippen molar-refractivity contribution in [3.63, 3.8) is 0 Å². The number of benzene rings is 1. The molecule has 112 valence electrons. The van der Waals surface area contributed by atoms with Gasteiger partial charge in [0.1, 0.15) is 5.75 Å². The molecule has 1 aromatic carbocycles. The van der Waals surface area contributed by atoms with Gasteiger partial charge in [-0.15, -0.1) is 0 Å². The molecule has 0 aliphatic carbocycles. The molecule has 0 bridgehead atoms. The standard InChI is InChI=1S/C12H15BN2O6/c1-7(2)12(17)14(8(3)16)9-4-10(15(19)20)6-11(5-9)21-13-18/h4-7,13,18H,1-3H3. The number of non-ortho nitro benzene ring substituents is 1. The molecular weight excluding hydrogens is 279 g/mol. The Morgan fingerprint density at radius 1 is 1.38 bits per heavy atom. The summed E-state index contributed by atoms with van der Waals surface area (Å²) < 4.78 is 4.81. The number of hydrogen-bond donors (Lipinski definition) is 1. The van der Waals surface area contributed by atoms with Crippen molar-refractivity contribution >= 4 is 30.9 Å². The number of nitrogens with zero attached hydrogens (tertiary/aromatic N) is 2. The van der Waals surface area contributed by atoms with E-state index in [2.05, 4.69) is 0 Å². The Balaban J connectivity index is 3.39. The number of nitro benzene ring substituents is 1. The maximum Gasteiger partial charge on any atom is 0.504 e. The lowest BCUT2D eigenvalue weighted by Crippen LogP contribution is -2.38. The van der Waals surface area contributed by atoms with Crippen LogP contribution >= 0.6 is 0 Å². The zero-order chi connectivity index (χ0) is 16.2. The molecule has 9 heteroatoms. The van der Waals surface area contributed by atoms with Gasteiger partial charge in [0.05, 0.1) is 16.7 Å². The Labute approximate surface area is 121 Å². The van der Waals surface area contributed by atoms with E-state index < -0.39 is 30.3 Å². The predicted molar refractivity (Wildman–Crippen MR) is 76.1 cm³/mol. The second kappa shape index (κ2) is 6.84. The summed E-state index contributed by atoms with van der Waals surface area (Å²) in [5.74, 6) is -1.53. The highest BCUT2D eigenvalue weighted by atomic mass is 16.6. The number of rotatable bonds is 5. The molecule has 0 atom stereocenters. The SMILES string of the molecule is CC(=O)N(C(=O)C(C)C)c1cc(OBO)cc([N+](=O)[O-])c1. The number of anilines is 1. The van der Waals surface area contributed by atoms with E-state index in [9.17, 15) is 19.7 Å². The second-order valence-electron chi connectivity index (χ2n) is 4.56. The summed E-state index contributed by atoms with van der Waals surface area (Å²) in [4.78, 5) is 34.8. The lowest BCUT2D eigenvalue weighted by molar-refractivity contribution is -0.384. The molecule has 8 nitrogen and oxygen atoms in total. The topological polar surface area (TPSA) is 110 Å². The van der Waals surface area contributed by atoms with Gasteiger partial charge in [0.2, 0.25) is 11.8 Å². The first kappa shape index (κ1) is 16.6. The minimum atomic E-state index is -0.682. The smallest absolute Gasteiger partial charge is 0.504 e. The molecule has 0 fully saturated rings. The summed E-state index contributed by atoms with van der Waals surface area (Å²) in [6, 6.07) is 3.48. The molecule has 0 saturated heterocycles. The monoisotopic (exact) mass is 294 g/mol. The van der Waals surface area contributed by atoms with Crippen LogP contribution in [0, 0.1) is 16.0 Å². The van der Waals surface area contributed by atoms with Crippen LogP contribution in [0.15, 0.2) is 18.2 Å². The first-order chi connectivity index (χ1) is 9.77. The fraction of sp³-hybridized carbons (Fsp3) is 0.333. The van der Waals surface area contributed by atoms with Gasteiger partial charge in [0, 0.05) is 25.0 Å². The molecule has 21 heavy (non-hydrogen) atoms. The lowest BCUT2D eigenvalue weighted by atomic mass is 10.1. The minimum Gasteiger partial charge on any atom is -0.539 e. The van der Waals surface area contributed by atoms with Crippen LogP contribution in [-0.2, 0) is 9.59 Å². The minimum absolute atomic E-state index is 0.00972. The molecule has 1 N–H and O–H groups in total. The number of amides is 2. The number of carbonyl (C=O) groups is 2. The number of imide groups is 1. The Bertz CT molecular complexity index is 575. The quantitative estimate of drug-likeness (QED) is 0.488. The molecule has 0 unspecified atom stereocenters. The van der Waals surface area contributed by atoms with Crippen LogP contribution in [0.4, 0.5) is 11.4 Å². The molecule has 0 aliphatic rings. The van der Waals surface area contributed by atoms with Crippen LogP contribution in [0.3, 0.4) is 0 Å². The Kier molecular flexibility index (Phi) is 5.42. The fourth-order valence-corrected chi connectivity index (χ4v) is 1.68. The number of nitro groups is 1. The summed E-state index contributed by atoms with van der Waals surface area (Å²) in [7, 11) is -0.682. The Hall–Kier alpha value is -2.42. The highest BCUT2D eigenvalue weighted by Crippen LogP contribution is 2.29. The first-order valence-electron chi connectivity index (χ1n) is 6.15. The molecule has 0 saturated carbocycles. The highest BCUT2D eigenvalue weighted by molar-refractivity contribution is 6.17. The maximum atomic E-state index is 12.1. The zero-order valence-electron chi connectivity index (χ0n) is 11.9. The summed E-state index contributed by atoms with van der Waals surface area (Å²) in [5.41, 5.74) is -0.322. The van der Waals surface area contributed by atoms with Crippen molar-refractivity contribution in [2.45, 2.75) is 20.8 Å². The van der Waals surface area contributed by atoms with Gasteiger partial charge in [-0.1, -0.05) is 13.8 Å². The molecular formula is C12H15BN2O6. The zero-order valence-corrected chi connectivity index (χ0v) is 11.9. The average Bonchev–Trinajstić information content (AvgIpc) is 2.38. The third-order valence-corrected chi connectivity index (χ3v) is 2.61. The Morgan fingerprint density at radius 2 is 2.00 bits per heavy atom. The second-order valence-corrected chi connectivity index (χ2v) is 4.56. The summed E-state index contributed by atoms with van der Waals surface area (Å²) >= 11 is 0. The largest absolute Gasteiger partial charge is 0.539 e. The number of carbonyl (C=O) groups excluding carboxylic acids is 2. The van der Waals surface area contributed by atoms with Gasteiger partial charge in [-0.2, -0.15) is 0 Å². The van der Waals surface area contributed by atoms with E-state index in [1.165, 1.54) is 13.0 Å². The normalized spacial score (nSPS) is 10.1. The third-order valence-electron chi connectivity index (χ3n) is 2.61. The van der Waals surface area contributed by atoms with Crippen LogP contribution in [-0.4, -0.2) is 29.4 Å². The van der Waals surface area contributed by atoms with Crippen LogP contribution in [0.5, 0.6) is 5.75 Å². The molecule has 0 radical (unpaired) electrons. The molecule has 0 spiro atoms. The van der Waals surface area contributed by atoms with Crippen LogP contribution in [0.2, 0.25) is 0 Å². The number of hydrogen-bond acceptors (Lipinski definition) is 6. The van der Waals surface area contributed by atoms with Crippen molar-refractivity contribution < 1.29 is 24.2 Å². The molecule has 1 rings (SSSR count). The maximum absolute atomic E-state index is 12.1. The van der Waals surface area contributed by atoms with Crippen LogP contribution < -0.4 is 9.55 Å². The van der Waals surface area contributed by atoms with Crippen molar-refractivity contribution in [2.75, 3.05) is 4.90 Å². The van der Waals surface area contributed by atoms with Gasteiger partial charge >= 0.3 is 7.69 Å². The van der Waals surface area contributed by atoms with Crippen molar-refractivity contribution in [1.29, 1.82) is 0 Å². The van der Waals surface area contributed by atoms with Crippen LogP contribution in [0.1, 0.15) is 20.8 Å². The van der Waals surface area contributed by atoms with E-state index in [0.717, 1.165) is 17.0 Å². The van der Waals surface area contributed by atoms with Gasteiger partial charge in [-0.3, -0.25) is 24.6 Å². The molecule has 0 heterocycles. The molecule has 0 aromatic heterocycles. The van der Waals surface area contributed by atoms with Gasteiger partial charge in [-0.25, -0.2) is 0 Å². The Morgan fingerprint density at radius 3 is 2.43 bits per heavy atom. The molecule has 2 amide bonds. The fourth-order valence-electron chi connectivity index (χ4n) is 1.68.